The topological polar surface area (TPSA) is 67.1 Å². The van der Waals surface area contributed by atoms with Crippen LogP contribution in [0.15, 0.2) is 45.8 Å². The second-order valence-corrected chi connectivity index (χ2v) is 5.25. The van der Waals surface area contributed by atoms with E-state index in [9.17, 15) is 4.79 Å². The van der Waals surface area contributed by atoms with Crippen LogP contribution in [0.25, 0.3) is 22.1 Å². The number of hydrogen-bond donors (Lipinski definition) is 0. The van der Waals surface area contributed by atoms with Gasteiger partial charge in [-0.3, -0.25) is 4.79 Å². The van der Waals surface area contributed by atoms with Crippen LogP contribution in [0.4, 0.5) is 0 Å². The van der Waals surface area contributed by atoms with Crippen LogP contribution >= 0.6 is 0 Å². The van der Waals surface area contributed by atoms with Crippen molar-refractivity contribution in [3.05, 3.63) is 46.8 Å². The van der Waals surface area contributed by atoms with Gasteiger partial charge in [-0.15, -0.1) is 0 Å². The molecule has 6 heteroatoms. The van der Waals surface area contributed by atoms with Gasteiger partial charge in [0.05, 0.1) is 34.0 Å². The van der Waals surface area contributed by atoms with Gasteiger partial charge in [-0.05, 0) is 18.2 Å². The van der Waals surface area contributed by atoms with Crippen LogP contribution in [0.1, 0.15) is 0 Å². The second-order valence-electron chi connectivity index (χ2n) is 5.25. The molecule has 0 unspecified atom stereocenters. The average molecular weight is 342 g/mol. The van der Waals surface area contributed by atoms with Crippen molar-refractivity contribution in [2.75, 3.05) is 28.4 Å². The molecule has 0 aliphatic carbocycles. The fourth-order valence-corrected chi connectivity index (χ4v) is 2.68. The molecule has 0 atom stereocenters. The first-order valence-corrected chi connectivity index (χ1v) is 7.52. The maximum Gasteiger partial charge on any atom is 0.204 e. The molecule has 0 aliphatic heterocycles. The van der Waals surface area contributed by atoms with Crippen molar-refractivity contribution in [2.24, 2.45) is 0 Å². The van der Waals surface area contributed by atoms with E-state index >= 15 is 0 Å². The minimum absolute atomic E-state index is 0.229. The third kappa shape index (κ3) is 2.87. The number of ether oxygens (including phenoxy) is 4. The Labute approximate surface area is 144 Å². The van der Waals surface area contributed by atoms with Gasteiger partial charge in [0.15, 0.2) is 0 Å². The molecular formula is C19H18O6. The molecule has 0 bridgehead atoms. The van der Waals surface area contributed by atoms with Crippen LogP contribution in [0.2, 0.25) is 0 Å². The van der Waals surface area contributed by atoms with Crippen LogP contribution in [-0.2, 0) is 0 Å². The van der Waals surface area contributed by atoms with Crippen molar-refractivity contribution in [1.29, 1.82) is 0 Å². The number of fused-ring (bicyclic) bond motifs is 1. The summed E-state index contributed by atoms with van der Waals surface area (Å²) < 4.78 is 26.9. The summed E-state index contributed by atoms with van der Waals surface area (Å²) in [6.07, 6.45) is 1.40. The largest absolute Gasteiger partial charge is 0.497 e. The van der Waals surface area contributed by atoms with Gasteiger partial charge in [0, 0.05) is 17.7 Å². The van der Waals surface area contributed by atoms with E-state index in [0.717, 1.165) is 0 Å². The summed E-state index contributed by atoms with van der Waals surface area (Å²) in [5.41, 5.74) is 1.08. The molecule has 0 aliphatic rings. The molecule has 1 aromatic heterocycles. The highest BCUT2D eigenvalue weighted by Crippen LogP contribution is 2.35. The zero-order chi connectivity index (χ0) is 18.0. The van der Waals surface area contributed by atoms with Crippen molar-refractivity contribution < 1.29 is 23.4 Å². The Morgan fingerprint density at radius 3 is 2.12 bits per heavy atom. The lowest BCUT2D eigenvalue weighted by atomic mass is 10.0. The molecule has 25 heavy (non-hydrogen) atoms. The first-order valence-electron chi connectivity index (χ1n) is 7.52. The fourth-order valence-electron chi connectivity index (χ4n) is 2.68. The van der Waals surface area contributed by atoms with Gasteiger partial charge in [-0.2, -0.15) is 0 Å². The first kappa shape index (κ1) is 16.7. The molecule has 6 nitrogen and oxygen atoms in total. The highest BCUT2D eigenvalue weighted by molar-refractivity contribution is 5.89. The smallest absolute Gasteiger partial charge is 0.204 e. The lowest BCUT2D eigenvalue weighted by Crippen LogP contribution is -2.07. The Morgan fingerprint density at radius 2 is 1.48 bits per heavy atom. The van der Waals surface area contributed by atoms with E-state index in [-0.39, 0.29) is 5.43 Å². The van der Waals surface area contributed by atoms with Crippen LogP contribution in [0.3, 0.4) is 0 Å². The van der Waals surface area contributed by atoms with E-state index in [1.54, 1.807) is 44.6 Å². The summed E-state index contributed by atoms with van der Waals surface area (Å²) in [7, 11) is 6.13. The summed E-state index contributed by atoms with van der Waals surface area (Å²) in [5.74, 6) is 2.07. The van der Waals surface area contributed by atoms with E-state index in [1.807, 2.05) is 0 Å². The fraction of sp³-hybridized carbons (Fsp3) is 0.211. The van der Waals surface area contributed by atoms with E-state index in [1.165, 1.54) is 20.5 Å². The third-order valence-corrected chi connectivity index (χ3v) is 3.97. The highest BCUT2D eigenvalue weighted by atomic mass is 16.5. The van der Waals surface area contributed by atoms with Gasteiger partial charge in [-0.1, -0.05) is 0 Å². The van der Waals surface area contributed by atoms with Gasteiger partial charge >= 0.3 is 0 Å². The number of benzene rings is 2. The highest BCUT2D eigenvalue weighted by Gasteiger charge is 2.18. The van der Waals surface area contributed by atoms with Gasteiger partial charge in [0.2, 0.25) is 5.43 Å². The Kier molecular flexibility index (Phi) is 4.52. The molecule has 130 valence electrons. The molecule has 2 aromatic carbocycles. The van der Waals surface area contributed by atoms with E-state index < -0.39 is 0 Å². The maximum absolute atomic E-state index is 13.1. The quantitative estimate of drug-likeness (QED) is 0.707. The molecule has 0 saturated carbocycles. The van der Waals surface area contributed by atoms with Gasteiger partial charge < -0.3 is 23.4 Å². The molecule has 0 fully saturated rings. The molecule has 0 radical (unpaired) electrons. The van der Waals surface area contributed by atoms with Crippen LogP contribution < -0.4 is 24.4 Å². The van der Waals surface area contributed by atoms with Crippen molar-refractivity contribution in [1.82, 2.24) is 0 Å². The van der Waals surface area contributed by atoms with Gasteiger partial charge in [0.1, 0.15) is 40.2 Å². The predicted octanol–water partition coefficient (Wildman–Crippen LogP) is 3.49. The summed E-state index contributed by atoms with van der Waals surface area (Å²) >= 11 is 0. The second kappa shape index (κ2) is 6.76. The van der Waals surface area contributed by atoms with Gasteiger partial charge in [0.25, 0.3) is 0 Å². The molecule has 3 rings (SSSR count). The van der Waals surface area contributed by atoms with Crippen molar-refractivity contribution in [3.63, 3.8) is 0 Å². The zero-order valence-electron chi connectivity index (χ0n) is 14.4. The van der Waals surface area contributed by atoms with E-state index in [4.69, 9.17) is 23.4 Å². The molecule has 3 aromatic rings. The van der Waals surface area contributed by atoms with Crippen molar-refractivity contribution in [2.45, 2.75) is 0 Å². The molecular weight excluding hydrogens is 324 g/mol. The Bertz CT molecular complexity index is 974. The van der Waals surface area contributed by atoms with E-state index in [0.29, 0.717) is 45.1 Å². The summed E-state index contributed by atoms with van der Waals surface area (Å²) in [5, 5.41) is 0.339. The normalized spacial score (nSPS) is 10.6. The van der Waals surface area contributed by atoms with Crippen molar-refractivity contribution in [3.8, 4) is 34.1 Å². The van der Waals surface area contributed by atoms with Gasteiger partial charge in [-0.25, -0.2) is 0 Å². The molecule has 1 heterocycles. The molecule has 0 N–H and O–H groups in total. The van der Waals surface area contributed by atoms with Crippen LogP contribution in [0, 0.1) is 0 Å². The number of rotatable bonds is 5. The van der Waals surface area contributed by atoms with Crippen LogP contribution in [-0.4, -0.2) is 28.4 Å². The Morgan fingerprint density at radius 1 is 0.760 bits per heavy atom. The summed E-state index contributed by atoms with van der Waals surface area (Å²) in [6.45, 7) is 0. The first-order chi connectivity index (χ1) is 12.1. The Hall–Kier alpha value is -3.15. The lowest BCUT2D eigenvalue weighted by Gasteiger charge is -2.12. The monoisotopic (exact) mass is 342 g/mol. The number of hydrogen-bond acceptors (Lipinski definition) is 6. The third-order valence-electron chi connectivity index (χ3n) is 3.97. The van der Waals surface area contributed by atoms with Crippen molar-refractivity contribution >= 4 is 11.0 Å². The number of methoxy groups -OCH3 is 4. The van der Waals surface area contributed by atoms with E-state index in [2.05, 4.69) is 0 Å². The molecule has 0 saturated heterocycles. The lowest BCUT2D eigenvalue weighted by molar-refractivity contribution is 0.396. The minimum atomic E-state index is -0.229. The summed E-state index contributed by atoms with van der Waals surface area (Å²) in [4.78, 5) is 13.1. The molecule has 0 spiro atoms. The summed E-state index contributed by atoms with van der Waals surface area (Å²) in [6, 6.07) is 8.52. The Balaban J connectivity index is 2.32. The average Bonchev–Trinajstić information content (AvgIpc) is 2.66. The maximum atomic E-state index is 13.1. The minimum Gasteiger partial charge on any atom is -0.497 e. The standard InChI is InChI=1S/C19H18O6/c1-21-11-5-6-15(23-3)13(7-11)14-10-25-17-9-12(22-2)8-16(24-4)18(17)19(14)20/h5-10H,1-4H3. The predicted molar refractivity (Wildman–Crippen MR) is 94.1 cm³/mol. The zero-order valence-corrected chi connectivity index (χ0v) is 14.4. The molecule has 0 amide bonds. The SMILES string of the molecule is COc1ccc(OC)c(-c2coc3cc(OC)cc(OC)c3c2=O)c1. The van der Waals surface area contributed by atoms with Crippen LogP contribution in [0.5, 0.6) is 23.0 Å².